The van der Waals surface area contributed by atoms with Crippen LogP contribution in [-0.2, 0) is 0 Å². The zero-order valence-electron chi connectivity index (χ0n) is 15.5. The van der Waals surface area contributed by atoms with Gasteiger partial charge in [-0.05, 0) is 32.4 Å². The highest BCUT2D eigenvalue weighted by Crippen LogP contribution is 2.34. The molecule has 0 saturated carbocycles. The molecule has 0 aliphatic heterocycles. The molecule has 0 radical (unpaired) electrons. The summed E-state index contributed by atoms with van der Waals surface area (Å²) in [7, 11) is 0. The Labute approximate surface area is 156 Å². The standard InChI is InChI=1S/C20H21FN4O2/c1-4-8-26-17-10-25-19(13(17)3)20(22-11-23-25)27-16-7-5-6-15-14(18(16)21)9-12(2)24-15/h5-6,9-11,24H,4,7-8H2,1-3H3. The average molecular weight is 368 g/mol. The number of nitrogens with one attached hydrogen (secondary N) is 1. The van der Waals surface area contributed by atoms with Gasteiger partial charge in [-0.15, -0.1) is 0 Å². The molecule has 140 valence electrons. The van der Waals surface area contributed by atoms with Crippen LogP contribution < -0.4 is 9.47 Å². The van der Waals surface area contributed by atoms with E-state index in [1.165, 1.54) is 6.33 Å². The number of aryl methyl sites for hydroxylation is 2. The molecule has 3 aromatic rings. The van der Waals surface area contributed by atoms with E-state index < -0.39 is 0 Å². The van der Waals surface area contributed by atoms with Crippen molar-refractivity contribution in [2.75, 3.05) is 6.61 Å². The number of hydrogen-bond acceptors (Lipinski definition) is 4. The highest BCUT2D eigenvalue weighted by molar-refractivity contribution is 5.74. The fraction of sp³-hybridized carbons (Fsp3) is 0.300. The Balaban J connectivity index is 1.75. The smallest absolute Gasteiger partial charge is 0.247 e. The third-order valence-electron chi connectivity index (χ3n) is 4.48. The zero-order valence-corrected chi connectivity index (χ0v) is 15.5. The van der Waals surface area contributed by atoms with E-state index in [1.54, 1.807) is 16.8 Å². The minimum Gasteiger partial charge on any atom is -0.492 e. The first-order chi connectivity index (χ1) is 13.1. The van der Waals surface area contributed by atoms with E-state index in [-0.39, 0.29) is 11.6 Å². The van der Waals surface area contributed by atoms with E-state index in [2.05, 4.69) is 15.1 Å². The molecule has 0 aromatic carbocycles. The summed E-state index contributed by atoms with van der Waals surface area (Å²) in [5.74, 6) is 0.869. The van der Waals surface area contributed by atoms with Crippen molar-refractivity contribution in [3.05, 3.63) is 52.9 Å². The van der Waals surface area contributed by atoms with Crippen molar-refractivity contribution in [3.8, 4) is 11.6 Å². The molecule has 0 atom stereocenters. The monoisotopic (exact) mass is 368 g/mol. The number of hydrogen-bond donors (Lipinski definition) is 1. The molecule has 1 aliphatic rings. The van der Waals surface area contributed by atoms with Crippen molar-refractivity contribution < 1.29 is 13.9 Å². The van der Waals surface area contributed by atoms with Crippen LogP contribution in [0.5, 0.6) is 11.6 Å². The molecular weight excluding hydrogens is 347 g/mol. The number of ether oxygens (including phenoxy) is 2. The fourth-order valence-corrected chi connectivity index (χ4v) is 3.19. The van der Waals surface area contributed by atoms with E-state index >= 15 is 4.39 Å². The number of aromatic nitrogens is 4. The Morgan fingerprint density at radius 2 is 2.19 bits per heavy atom. The van der Waals surface area contributed by atoms with E-state index in [1.807, 2.05) is 32.9 Å². The van der Waals surface area contributed by atoms with Crippen LogP contribution in [0.1, 0.15) is 42.3 Å². The molecule has 0 unspecified atom stereocenters. The minimum atomic E-state index is -0.386. The SMILES string of the molecule is CCCOc1cn2ncnc(OC3=C(F)c4cc(C)[nH]c4C=CC3)c2c1C. The Kier molecular flexibility index (Phi) is 4.43. The number of fused-ring (bicyclic) bond motifs is 2. The van der Waals surface area contributed by atoms with Crippen molar-refractivity contribution >= 4 is 17.4 Å². The molecule has 3 heterocycles. The first-order valence-electron chi connectivity index (χ1n) is 8.97. The molecule has 1 aliphatic carbocycles. The molecule has 0 saturated heterocycles. The van der Waals surface area contributed by atoms with Crippen LogP contribution in [0, 0.1) is 13.8 Å². The molecule has 3 aromatic heterocycles. The molecule has 0 bridgehead atoms. The molecule has 0 fully saturated rings. The molecule has 27 heavy (non-hydrogen) atoms. The van der Waals surface area contributed by atoms with Crippen LogP contribution in [0.3, 0.4) is 0 Å². The summed E-state index contributed by atoms with van der Waals surface area (Å²) in [6, 6.07) is 1.78. The van der Waals surface area contributed by atoms with Crippen LogP contribution in [0.25, 0.3) is 17.4 Å². The Bertz CT molecular complexity index is 1060. The molecule has 6 nitrogen and oxygen atoms in total. The van der Waals surface area contributed by atoms with Crippen molar-refractivity contribution in [3.63, 3.8) is 0 Å². The van der Waals surface area contributed by atoms with Crippen LogP contribution in [-0.4, -0.2) is 26.2 Å². The highest BCUT2D eigenvalue weighted by atomic mass is 19.1. The van der Waals surface area contributed by atoms with Crippen LogP contribution >= 0.6 is 0 Å². The van der Waals surface area contributed by atoms with Crippen molar-refractivity contribution in [2.24, 2.45) is 0 Å². The predicted molar refractivity (Wildman–Crippen MR) is 101 cm³/mol. The van der Waals surface area contributed by atoms with Gasteiger partial charge in [-0.3, -0.25) is 0 Å². The lowest BCUT2D eigenvalue weighted by Gasteiger charge is -2.10. The van der Waals surface area contributed by atoms with Gasteiger partial charge in [-0.25, -0.2) is 8.91 Å². The largest absolute Gasteiger partial charge is 0.492 e. The van der Waals surface area contributed by atoms with Gasteiger partial charge in [0.2, 0.25) is 5.88 Å². The van der Waals surface area contributed by atoms with Gasteiger partial charge in [0, 0.05) is 28.9 Å². The summed E-state index contributed by atoms with van der Waals surface area (Å²) in [6.07, 6.45) is 8.16. The predicted octanol–water partition coefficient (Wildman–Crippen LogP) is 4.60. The average Bonchev–Trinajstić information content (AvgIpc) is 3.15. The Morgan fingerprint density at radius 3 is 3.00 bits per heavy atom. The summed E-state index contributed by atoms with van der Waals surface area (Å²) in [5, 5.41) is 4.22. The number of rotatable bonds is 5. The molecular formula is C20H21FN4O2. The number of halogens is 1. The maximum Gasteiger partial charge on any atom is 0.247 e. The van der Waals surface area contributed by atoms with E-state index in [9.17, 15) is 0 Å². The highest BCUT2D eigenvalue weighted by Gasteiger charge is 2.21. The lowest BCUT2D eigenvalue weighted by atomic mass is 10.2. The second-order valence-electron chi connectivity index (χ2n) is 6.55. The third-order valence-corrected chi connectivity index (χ3v) is 4.48. The van der Waals surface area contributed by atoms with Crippen molar-refractivity contribution in [1.29, 1.82) is 0 Å². The second-order valence-corrected chi connectivity index (χ2v) is 6.55. The fourth-order valence-electron chi connectivity index (χ4n) is 3.19. The number of allylic oxidation sites excluding steroid dienone is 1. The van der Waals surface area contributed by atoms with Crippen molar-refractivity contribution in [1.82, 2.24) is 19.6 Å². The summed E-state index contributed by atoms with van der Waals surface area (Å²) in [5.41, 5.74) is 3.67. The van der Waals surface area contributed by atoms with Crippen LogP contribution in [0.4, 0.5) is 4.39 Å². The maximum atomic E-state index is 15.1. The summed E-state index contributed by atoms with van der Waals surface area (Å²) < 4.78 is 28.4. The van der Waals surface area contributed by atoms with Gasteiger partial charge in [0.15, 0.2) is 5.83 Å². The van der Waals surface area contributed by atoms with Crippen LogP contribution in [0.2, 0.25) is 0 Å². The number of nitrogens with zero attached hydrogens (tertiary/aromatic N) is 3. The van der Waals surface area contributed by atoms with Gasteiger partial charge in [0.05, 0.1) is 12.8 Å². The second kappa shape index (κ2) is 6.90. The summed E-state index contributed by atoms with van der Waals surface area (Å²) in [4.78, 5) is 7.39. The third kappa shape index (κ3) is 3.09. The quantitative estimate of drug-likeness (QED) is 0.715. The van der Waals surface area contributed by atoms with Crippen molar-refractivity contribution in [2.45, 2.75) is 33.6 Å². The van der Waals surface area contributed by atoms with E-state index in [0.717, 1.165) is 29.1 Å². The van der Waals surface area contributed by atoms with Gasteiger partial charge in [-0.1, -0.05) is 13.0 Å². The first kappa shape index (κ1) is 17.3. The molecule has 4 rings (SSSR count). The lowest BCUT2D eigenvalue weighted by Crippen LogP contribution is -2.02. The minimum absolute atomic E-state index is 0.223. The lowest BCUT2D eigenvalue weighted by molar-refractivity contribution is 0.315. The molecule has 7 heteroatoms. The van der Waals surface area contributed by atoms with Gasteiger partial charge >= 0.3 is 0 Å². The Morgan fingerprint density at radius 1 is 1.33 bits per heavy atom. The number of H-pyrrole nitrogens is 1. The van der Waals surface area contributed by atoms with E-state index in [4.69, 9.17) is 9.47 Å². The topological polar surface area (TPSA) is 64.4 Å². The first-order valence-corrected chi connectivity index (χ1v) is 8.97. The maximum absolute atomic E-state index is 15.1. The van der Waals surface area contributed by atoms with Gasteiger partial charge in [0.25, 0.3) is 0 Å². The summed E-state index contributed by atoms with van der Waals surface area (Å²) in [6.45, 7) is 6.47. The van der Waals surface area contributed by atoms with Crippen LogP contribution in [0.15, 0.2) is 30.4 Å². The van der Waals surface area contributed by atoms with Gasteiger partial charge < -0.3 is 14.5 Å². The number of aromatic amines is 1. The van der Waals surface area contributed by atoms with Gasteiger partial charge in [-0.2, -0.15) is 10.1 Å². The molecule has 0 spiro atoms. The normalized spacial score (nSPS) is 13.8. The summed E-state index contributed by atoms with van der Waals surface area (Å²) >= 11 is 0. The van der Waals surface area contributed by atoms with E-state index in [0.29, 0.717) is 30.0 Å². The molecule has 1 N–H and O–H groups in total. The zero-order chi connectivity index (χ0) is 19.0. The molecule has 0 amide bonds. The van der Waals surface area contributed by atoms with Gasteiger partial charge in [0.1, 0.15) is 23.4 Å². The Hall–Kier alpha value is -3.09.